The molecule has 0 aliphatic carbocycles. The predicted octanol–water partition coefficient (Wildman–Crippen LogP) is 3.36. The average Bonchev–Trinajstić information content (AvgIpc) is 3.06. The zero-order chi connectivity index (χ0) is 17.1. The zero-order valence-electron chi connectivity index (χ0n) is 13.4. The highest BCUT2D eigenvalue weighted by atomic mass is 32.1. The molecule has 24 heavy (non-hydrogen) atoms. The van der Waals surface area contributed by atoms with Crippen molar-refractivity contribution < 1.29 is 19.4 Å². The Kier molecular flexibility index (Phi) is 4.85. The molecule has 126 valence electrons. The molecule has 0 radical (unpaired) electrons. The monoisotopic (exact) mass is 345 g/mol. The summed E-state index contributed by atoms with van der Waals surface area (Å²) in [4.78, 5) is 27.2. The van der Waals surface area contributed by atoms with Gasteiger partial charge in [-0.15, -0.1) is 11.3 Å². The van der Waals surface area contributed by atoms with Gasteiger partial charge in [0.15, 0.2) is 0 Å². The molecule has 1 aromatic carbocycles. The van der Waals surface area contributed by atoms with E-state index in [-0.39, 0.29) is 12.5 Å². The lowest BCUT2D eigenvalue weighted by Crippen LogP contribution is -2.42. The van der Waals surface area contributed by atoms with Crippen LogP contribution in [0.3, 0.4) is 0 Å². The van der Waals surface area contributed by atoms with Crippen LogP contribution in [0.5, 0.6) is 5.75 Å². The molecule has 6 heteroatoms. The molecule has 1 unspecified atom stereocenters. The molecule has 1 aliphatic heterocycles. The van der Waals surface area contributed by atoms with E-state index in [0.29, 0.717) is 30.0 Å². The number of methoxy groups -OCH3 is 1. The van der Waals surface area contributed by atoms with Crippen molar-refractivity contribution in [2.24, 2.45) is 5.92 Å². The number of carboxylic acids is 1. The van der Waals surface area contributed by atoms with Crippen LogP contribution in [0.25, 0.3) is 10.4 Å². The van der Waals surface area contributed by atoms with Crippen molar-refractivity contribution in [3.63, 3.8) is 0 Å². The summed E-state index contributed by atoms with van der Waals surface area (Å²) in [5, 5.41) is 9.20. The van der Waals surface area contributed by atoms with Gasteiger partial charge < -0.3 is 14.7 Å². The summed E-state index contributed by atoms with van der Waals surface area (Å²) in [7, 11) is 1.55. The summed E-state index contributed by atoms with van der Waals surface area (Å²) in [6.07, 6.45) is 1.33. The van der Waals surface area contributed by atoms with Crippen LogP contribution in [0.4, 0.5) is 0 Å². The number of carbonyl (C=O) groups excluding carboxylic acids is 1. The van der Waals surface area contributed by atoms with Gasteiger partial charge >= 0.3 is 5.97 Å². The van der Waals surface area contributed by atoms with Crippen molar-refractivity contribution in [3.05, 3.63) is 41.3 Å². The summed E-state index contributed by atoms with van der Waals surface area (Å²) in [6.45, 7) is 0.847. The number of aliphatic carboxylic acids is 1. The van der Waals surface area contributed by atoms with Crippen molar-refractivity contribution in [3.8, 4) is 16.2 Å². The van der Waals surface area contributed by atoms with Gasteiger partial charge in [-0.2, -0.15) is 0 Å². The van der Waals surface area contributed by atoms with Crippen LogP contribution in [0, 0.1) is 5.92 Å². The van der Waals surface area contributed by atoms with Crippen LogP contribution < -0.4 is 4.74 Å². The van der Waals surface area contributed by atoms with Crippen molar-refractivity contribution in [1.29, 1.82) is 0 Å². The molecular weight excluding hydrogens is 326 g/mol. The van der Waals surface area contributed by atoms with Crippen LogP contribution in [0.1, 0.15) is 22.5 Å². The van der Waals surface area contributed by atoms with Gasteiger partial charge in [-0.3, -0.25) is 9.59 Å². The van der Waals surface area contributed by atoms with Gasteiger partial charge in [0, 0.05) is 18.0 Å². The van der Waals surface area contributed by atoms with Crippen molar-refractivity contribution in [2.45, 2.75) is 12.8 Å². The third-order valence-electron chi connectivity index (χ3n) is 4.23. The van der Waals surface area contributed by atoms with Gasteiger partial charge in [-0.1, -0.05) is 30.3 Å². The smallest absolute Gasteiger partial charge is 0.308 e. The number of amides is 1. The molecule has 1 amide bonds. The molecule has 5 nitrogen and oxygen atoms in total. The summed E-state index contributed by atoms with van der Waals surface area (Å²) in [5.74, 6) is -0.927. The molecule has 2 heterocycles. The lowest BCUT2D eigenvalue weighted by Gasteiger charge is -2.30. The standard InChI is InChI=1S/C18H19NO4S/c1-23-14-10-15(12-6-3-2-4-7-12)24-16(14)17(20)19-9-5-8-13(11-19)18(21)22/h2-4,6-7,10,13H,5,8-9,11H2,1H3,(H,21,22). The maximum absolute atomic E-state index is 12.9. The highest BCUT2D eigenvalue weighted by molar-refractivity contribution is 7.17. The van der Waals surface area contributed by atoms with E-state index in [1.54, 1.807) is 12.0 Å². The molecule has 1 saturated heterocycles. The van der Waals surface area contributed by atoms with Crippen LogP contribution in [0.2, 0.25) is 0 Å². The molecule has 1 aliphatic rings. The molecule has 1 atom stereocenters. The maximum Gasteiger partial charge on any atom is 0.308 e. The quantitative estimate of drug-likeness (QED) is 0.923. The van der Waals surface area contributed by atoms with Crippen molar-refractivity contribution in [1.82, 2.24) is 4.90 Å². The van der Waals surface area contributed by atoms with Gasteiger partial charge in [0.2, 0.25) is 0 Å². The first-order chi connectivity index (χ1) is 11.6. The number of thiophene rings is 1. The van der Waals surface area contributed by atoms with Gasteiger partial charge in [0.05, 0.1) is 13.0 Å². The Morgan fingerprint density at radius 1 is 1.29 bits per heavy atom. The summed E-state index contributed by atoms with van der Waals surface area (Å²) >= 11 is 1.38. The molecule has 0 bridgehead atoms. The van der Waals surface area contributed by atoms with Gasteiger partial charge in [-0.25, -0.2) is 0 Å². The number of likely N-dealkylation sites (tertiary alicyclic amines) is 1. The average molecular weight is 345 g/mol. The predicted molar refractivity (Wildman–Crippen MR) is 92.6 cm³/mol. The highest BCUT2D eigenvalue weighted by Crippen LogP contribution is 2.37. The number of nitrogens with zero attached hydrogens (tertiary/aromatic N) is 1. The minimum Gasteiger partial charge on any atom is -0.495 e. The molecule has 1 fully saturated rings. The maximum atomic E-state index is 12.9. The number of benzene rings is 1. The second-order valence-electron chi connectivity index (χ2n) is 5.80. The Hall–Kier alpha value is -2.34. The van der Waals surface area contributed by atoms with E-state index >= 15 is 0 Å². The van der Waals surface area contributed by atoms with E-state index in [9.17, 15) is 14.7 Å². The Morgan fingerprint density at radius 2 is 2.04 bits per heavy atom. The largest absolute Gasteiger partial charge is 0.495 e. The van der Waals surface area contributed by atoms with E-state index < -0.39 is 11.9 Å². The van der Waals surface area contributed by atoms with Gasteiger partial charge in [-0.05, 0) is 24.5 Å². The SMILES string of the molecule is COc1cc(-c2ccccc2)sc1C(=O)N1CCCC(C(=O)O)C1. The van der Waals surface area contributed by atoms with Gasteiger partial charge in [0.25, 0.3) is 5.91 Å². The van der Waals surface area contributed by atoms with E-state index in [2.05, 4.69) is 0 Å². The number of ether oxygens (including phenoxy) is 1. The molecule has 0 spiro atoms. The first-order valence-electron chi connectivity index (χ1n) is 7.85. The third-order valence-corrected chi connectivity index (χ3v) is 5.38. The number of hydrogen-bond donors (Lipinski definition) is 1. The normalized spacial score (nSPS) is 17.5. The van der Waals surface area contributed by atoms with Crippen LogP contribution in [-0.2, 0) is 4.79 Å². The van der Waals surface area contributed by atoms with E-state index in [1.165, 1.54) is 11.3 Å². The number of carboxylic acid groups (broad SMARTS) is 1. The number of piperidine rings is 1. The van der Waals surface area contributed by atoms with E-state index in [0.717, 1.165) is 10.4 Å². The van der Waals surface area contributed by atoms with E-state index in [4.69, 9.17) is 4.74 Å². The lowest BCUT2D eigenvalue weighted by atomic mass is 9.98. The van der Waals surface area contributed by atoms with Crippen LogP contribution >= 0.6 is 11.3 Å². The number of carbonyl (C=O) groups is 2. The first-order valence-corrected chi connectivity index (χ1v) is 8.67. The summed E-state index contributed by atoms with van der Waals surface area (Å²) < 4.78 is 5.38. The van der Waals surface area contributed by atoms with Gasteiger partial charge in [0.1, 0.15) is 10.6 Å². The fraction of sp³-hybridized carbons (Fsp3) is 0.333. The second-order valence-corrected chi connectivity index (χ2v) is 6.85. The number of rotatable bonds is 4. The Balaban J connectivity index is 1.87. The zero-order valence-corrected chi connectivity index (χ0v) is 14.2. The fourth-order valence-corrected chi connectivity index (χ4v) is 4.03. The minimum absolute atomic E-state index is 0.148. The minimum atomic E-state index is -0.837. The third kappa shape index (κ3) is 3.28. The van der Waals surface area contributed by atoms with Crippen LogP contribution in [0.15, 0.2) is 36.4 Å². The first kappa shape index (κ1) is 16.5. The van der Waals surface area contributed by atoms with E-state index in [1.807, 2.05) is 36.4 Å². The molecule has 1 N–H and O–H groups in total. The molecule has 0 saturated carbocycles. The highest BCUT2D eigenvalue weighted by Gasteiger charge is 2.31. The summed E-state index contributed by atoms with van der Waals surface area (Å²) in [6, 6.07) is 11.7. The molecule has 1 aromatic heterocycles. The Bertz CT molecular complexity index is 741. The number of hydrogen-bond acceptors (Lipinski definition) is 4. The second kappa shape index (κ2) is 7.05. The topological polar surface area (TPSA) is 66.8 Å². The lowest BCUT2D eigenvalue weighted by molar-refractivity contribution is -0.143. The Morgan fingerprint density at radius 3 is 2.71 bits per heavy atom. The Labute approximate surface area is 144 Å². The molecule has 2 aromatic rings. The van der Waals surface area contributed by atoms with Crippen molar-refractivity contribution >= 4 is 23.2 Å². The molecule has 3 rings (SSSR count). The fourth-order valence-electron chi connectivity index (χ4n) is 2.93. The van der Waals surface area contributed by atoms with Crippen molar-refractivity contribution in [2.75, 3.05) is 20.2 Å². The summed E-state index contributed by atoms with van der Waals surface area (Å²) in [5.41, 5.74) is 1.03. The van der Waals surface area contributed by atoms with Crippen LogP contribution in [-0.4, -0.2) is 42.1 Å². The molecular formula is C18H19NO4S.